The molecule has 3 nitrogen and oxygen atoms in total. The van der Waals surface area contributed by atoms with Gasteiger partial charge in [0, 0.05) is 35.7 Å². The molecule has 1 aliphatic rings. The highest BCUT2D eigenvalue weighted by Gasteiger charge is 2.41. The Morgan fingerprint density at radius 2 is 2.07 bits per heavy atom. The number of halogens is 4. The van der Waals surface area contributed by atoms with Crippen LogP contribution in [0.25, 0.3) is 11.6 Å². The van der Waals surface area contributed by atoms with Crippen LogP contribution in [0.5, 0.6) is 0 Å². The summed E-state index contributed by atoms with van der Waals surface area (Å²) < 4.78 is 54.8. The van der Waals surface area contributed by atoms with Gasteiger partial charge in [0.25, 0.3) is 0 Å². The second-order valence-electron chi connectivity index (χ2n) is 6.35. The van der Waals surface area contributed by atoms with E-state index in [-0.39, 0.29) is 34.2 Å². The Morgan fingerprint density at radius 1 is 1.37 bits per heavy atom. The van der Waals surface area contributed by atoms with Gasteiger partial charge in [-0.3, -0.25) is 9.78 Å². The summed E-state index contributed by atoms with van der Waals surface area (Å²) in [5, 5.41) is 0. The number of hydrogen-bond acceptors (Lipinski definition) is 2. The van der Waals surface area contributed by atoms with Crippen molar-refractivity contribution in [2.24, 2.45) is 5.73 Å². The smallest absolute Gasteiger partial charge is 0.366 e. The number of fused-ring (bicyclic) bond motifs is 1. The number of allylic oxidation sites excluding steroid dienone is 2. The molecular formula is C20H16F4N2O. The molecule has 1 heterocycles. The van der Waals surface area contributed by atoms with Gasteiger partial charge in [-0.1, -0.05) is 12.6 Å². The third-order valence-electron chi connectivity index (χ3n) is 4.71. The van der Waals surface area contributed by atoms with Gasteiger partial charge >= 0.3 is 6.18 Å². The maximum Gasteiger partial charge on any atom is 0.413 e. The molecule has 0 saturated carbocycles. The standard InChI is InChI=1S/C20H16F4N2O/c1-3-12-5-4-11(9-26-12)6-15-17(21)8-14(19(25)27)13-7-16(20(22,23)24)10(2)18(13)15/h3-5,8-9H,1,6-7H2,2H3,(H2,25,27). The highest BCUT2D eigenvalue weighted by atomic mass is 19.4. The van der Waals surface area contributed by atoms with Crippen molar-refractivity contribution in [3.8, 4) is 0 Å². The number of rotatable bonds is 4. The normalized spacial score (nSPS) is 13.7. The summed E-state index contributed by atoms with van der Waals surface area (Å²) >= 11 is 0. The number of nitrogens with two attached hydrogens (primary N) is 1. The minimum absolute atomic E-state index is 0.0418. The van der Waals surface area contributed by atoms with Crippen molar-refractivity contribution < 1.29 is 22.4 Å². The van der Waals surface area contributed by atoms with Crippen LogP contribution in [0.1, 0.15) is 45.2 Å². The average Bonchev–Trinajstić information content (AvgIpc) is 2.95. The number of primary amides is 1. The van der Waals surface area contributed by atoms with Crippen molar-refractivity contribution in [3.05, 3.63) is 75.9 Å². The highest BCUT2D eigenvalue weighted by molar-refractivity contribution is 5.97. The molecule has 2 aromatic rings. The summed E-state index contributed by atoms with van der Waals surface area (Å²) in [7, 11) is 0. The Kier molecular flexibility index (Phi) is 4.63. The van der Waals surface area contributed by atoms with Crippen LogP contribution in [-0.4, -0.2) is 17.1 Å². The van der Waals surface area contributed by atoms with E-state index in [0.717, 1.165) is 6.07 Å². The zero-order chi connectivity index (χ0) is 19.9. The molecule has 3 rings (SSSR count). The molecule has 0 atom stereocenters. The zero-order valence-electron chi connectivity index (χ0n) is 14.5. The van der Waals surface area contributed by atoms with Crippen molar-refractivity contribution in [2.45, 2.75) is 25.9 Å². The van der Waals surface area contributed by atoms with E-state index < -0.39 is 29.9 Å². The molecule has 1 aromatic heterocycles. The number of amides is 1. The molecule has 1 amide bonds. The van der Waals surface area contributed by atoms with Gasteiger partial charge in [0.05, 0.1) is 5.69 Å². The molecule has 1 aliphatic carbocycles. The number of aromatic nitrogens is 1. The van der Waals surface area contributed by atoms with Crippen molar-refractivity contribution in [3.63, 3.8) is 0 Å². The SMILES string of the molecule is C=Cc1ccc(Cc2c(F)cc(C(N)=O)c3c2C(C)=C(C(F)(F)F)C3)cn1. The number of pyridine rings is 1. The lowest BCUT2D eigenvalue weighted by Gasteiger charge is -2.14. The van der Waals surface area contributed by atoms with Gasteiger partial charge in [-0.05, 0) is 47.4 Å². The van der Waals surface area contributed by atoms with Crippen LogP contribution in [0.3, 0.4) is 0 Å². The molecule has 0 bridgehead atoms. The minimum Gasteiger partial charge on any atom is -0.366 e. The van der Waals surface area contributed by atoms with Gasteiger partial charge in [-0.15, -0.1) is 0 Å². The maximum absolute atomic E-state index is 14.7. The maximum atomic E-state index is 14.7. The lowest BCUT2D eigenvalue weighted by atomic mass is 9.91. The summed E-state index contributed by atoms with van der Waals surface area (Å²) in [6, 6.07) is 4.31. The van der Waals surface area contributed by atoms with E-state index in [1.165, 1.54) is 13.1 Å². The predicted octanol–water partition coefficient (Wildman–Crippen LogP) is 4.45. The Morgan fingerprint density at radius 3 is 2.59 bits per heavy atom. The van der Waals surface area contributed by atoms with Crippen LogP contribution in [-0.2, 0) is 12.8 Å². The summed E-state index contributed by atoms with van der Waals surface area (Å²) in [6.45, 7) is 4.89. The van der Waals surface area contributed by atoms with Gasteiger partial charge in [-0.2, -0.15) is 13.2 Å². The predicted molar refractivity (Wildman–Crippen MR) is 94.4 cm³/mol. The van der Waals surface area contributed by atoms with Gasteiger partial charge < -0.3 is 5.73 Å². The van der Waals surface area contributed by atoms with Gasteiger partial charge in [-0.25, -0.2) is 4.39 Å². The van der Waals surface area contributed by atoms with Crippen molar-refractivity contribution in [1.82, 2.24) is 4.98 Å². The van der Waals surface area contributed by atoms with Crippen LogP contribution in [0.2, 0.25) is 0 Å². The van der Waals surface area contributed by atoms with E-state index in [1.807, 2.05) is 0 Å². The molecule has 2 N–H and O–H groups in total. The van der Waals surface area contributed by atoms with Gasteiger partial charge in [0.15, 0.2) is 0 Å². The summed E-state index contributed by atoms with van der Waals surface area (Å²) in [6.07, 6.45) is -1.96. The van der Waals surface area contributed by atoms with E-state index in [2.05, 4.69) is 11.6 Å². The second-order valence-corrected chi connectivity index (χ2v) is 6.35. The van der Waals surface area contributed by atoms with Crippen LogP contribution in [0, 0.1) is 5.82 Å². The first-order valence-corrected chi connectivity index (χ1v) is 8.12. The quantitative estimate of drug-likeness (QED) is 0.802. The largest absolute Gasteiger partial charge is 0.413 e. The van der Waals surface area contributed by atoms with Crippen LogP contribution in [0.4, 0.5) is 17.6 Å². The molecule has 140 valence electrons. The topological polar surface area (TPSA) is 56.0 Å². The van der Waals surface area contributed by atoms with Gasteiger partial charge in [0.2, 0.25) is 5.91 Å². The minimum atomic E-state index is -4.57. The molecule has 0 spiro atoms. The number of hydrogen-bond donors (Lipinski definition) is 1. The molecule has 27 heavy (non-hydrogen) atoms. The van der Waals surface area contributed by atoms with Crippen LogP contribution < -0.4 is 5.73 Å². The van der Waals surface area contributed by atoms with Crippen molar-refractivity contribution in [1.29, 1.82) is 0 Å². The van der Waals surface area contributed by atoms with Crippen LogP contribution >= 0.6 is 0 Å². The first kappa shape index (κ1) is 18.8. The molecule has 1 aromatic carbocycles. The number of carbonyl (C=O) groups excluding carboxylic acids is 1. The Balaban J connectivity index is 2.17. The zero-order valence-corrected chi connectivity index (χ0v) is 14.5. The Labute approximate surface area is 153 Å². The molecule has 0 radical (unpaired) electrons. The monoisotopic (exact) mass is 376 g/mol. The molecule has 7 heteroatoms. The molecule has 0 fully saturated rings. The van der Waals surface area contributed by atoms with Crippen LogP contribution in [0.15, 0.2) is 36.5 Å². The fraction of sp³-hybridized carbons (Fsp3) is 0.200. The molecule has 0 saturated heterocycles. The lowest BCUT2D eigenvalue weighted by Crippen LogP contribution is -2.17. The Bertz CT molecular complexity index is 973. The number of carbonyl (C=O) groups is 1. The highest BCUT2D eigenvalue weighted by Crippen LogP contribution is 2.45. The summed E-state index contributed by atoms with van der Waals surface area (Å²) in [5.41, 5.74) is 5.78. The fourth-order valence-corrected chi connectivity index (χ4v) is 3.40. The number of benzene rings is 1. The summed E-state index contributed by atoms with van der Waals surface area (Å²) in [4.78, 5) is 15.8. The molecule has 0 aliphatic heterocycles. The first-order valence-electron chi connectivity index (χ1n) is 8.12. The first-order chi connectivity index (χ1) is 12.6. The Hall–Kier alpha value is -2.96. The van der Waals surface area contributed by atoms with Gasteiger partial charge in [0.1, 0.15) is 5.82 Å². The van der Waals surface area contributed by atoms with Crippen molar-refractivity contribution >= 4 is 17.6 Å². The second kappa shape index (κ2) is 6.64. The van der Waals surface area contributed by atoms with E-state index >= 15 is 0 Å². The number of alkyl halides is 3. The molecule has 0 unspecified atom stereocenters. The third kappa shape index (κ3) is 3.37. The third-order valence-corrected chi connectivity index (χ3v) is 4.71. The molecular weight excluding hydrogens is 360 g/mol. The van der Waals surface area contributed by atoms with E-state index in [9.17, 15) is 22.4 Å². The van der Waals surface area contributed by atoms with Crippen molar-refractivity contribution in [2.75, 3.05) is 0 Å². The average molecular weight is 376 g/mol. The van der Waals surface area contributed by atoms with E-state index in [4.69, 9.17) is 5.73 Å². The van der Waals surface area contributed by atoms with E-state index in [0.29, 0.717) is 11.3 Å². The summed E-state index contributed by atoms with van der Waals surface area (Å²) in [5.74, 6) is -1.72. The number of nitrogens with zero attached hydrogens (tertiary/aromatic N) is 1. The lowest BCUT2D eigenvalue weighted by molar-refractivity contribution is -0.0921. The van der Waals surface area contributed by atoms with E-state index in [1.54, 1.807) is 18.2 Å². The fourth-order valence-electron chi connectivity index (χ4n) is 3.40.